The summed E-state index contributed by atoms with van der Waals surface area (Å²) in [5.41, 5.74) is 6.62. The van der Waals surface area contributed by atoms with E-state index in [0.717, 1.165) is 11.1 Å². The maximum atomic E-state index is 12.4. The second-order valence-electron chi connectivity index (χ2n) is 6.49. The predicted octanol–water partition coefficient (Wildman–Crippen LogP) is 1.03. The van der Waals surface area contributed by atoms with Gasteiger partial charge in [0.1, 0.15) is 17.3 Å². The van der Waals surface area contributed by atoms with Crippen molar-refractivity contribution >= 4 is 18.0 Å². The molecule has 1 aromatic rings. The molecule has 0 aromatic heterocycles. The van der Waals surface area contributed by atoms with Gasteiger partial charge in [0, 0.05) is 0 Å². The molecule has 0 saturated carbocycles. The monoisotopic (exact) mass is 318 g/mol. The number of rotatable bonds is 4. The molecule has 1 saturated heterocycles. The van der Waals surface area contributed by atoms with Crippen LogP contribution in [0.15, 0.2) is 30.0 Å². The number of likely N-dealkylation sites (tertiary alicyclic amines) is 1. The molecule has 1 aliphatic rings. The summed E-state index contributed by atoms with van der Waals surface area (Å²) in [5.74, 6) is -0.863. The Hall–Kier alpha value is -2.18. The van der Waals surface area contributed by atoms with Crippen LogP contribution in [0.4, 0.5) is 0 Å². The van der Waals surface area contributed by atoms with Gasteiger partial charge in [-0.2, -0.15) is 0 Å². The molecule has 6 nitrogen and oxygen atoms in total. The highest BCUT2D eigenvalue weighted by Crippen LogP contribution is 2.22. The van der Waals surface area contributed by atoms with Gasteiger partial charge >= 0.3 is 5.97 Å². The van der Waals surface area contributed by atoms with Gasteiger partial charge in [0.25, 0.3) is 0 Å². The van der Waals surface area contributed by atoms with Crippen molar-refractivity contribution in [3.05, 3.63) is 41.1 Å². The Morgan fingerprint density at radius 2 is 2.00 bits per heavy atom. The molecule has 0 radical (unpaired) electrons. The lowest BCUT2D eigenvalue weighted by molar-refractivity contribution is -0.156. The standard InChI is InChI=1S/C17H22N2O4/c1-17(2,3)23-16(22)14(19-9-13(18)15(19)21)8-11-4-6-12(10-20)7-5-11/h4-8,13,20H,9-10,18H2,1-3H3/b14-8-/t13-/m0/s1. The van der Waals surface area contributed by atoms with Crippen LogP contribution in [0.25, 0.3) is 6.08 Å². The predicted molar refractivity (Wildman–Crippen MR) is 85.9 cm³/mol. The minimum absolute atomic E-state index is 0.0532. The smallest absolute Gasteiger partial charge is 0.355 e. The third-order valence-corrected chi connectivity index (χ3v) is 3.33. The highest BCUT2D eigenvalue weighted by atomic mass is 16.6. The van der Waals surface area contributed by atoms with E-state index in [1.165, 1.54) is 4.90 Å². The molecule has 1 heterocycles. The van der Waals surface area contributed by atoms with Crippen LogP contribution < -0.4 is 5.73 Å². The number of hydrogen-bond donors (Lipinski definition) is 2. The first-order valence-corrected chi connectivity index (χ1v) is 7.43. The van der Waals surface area contributed by atoms with E-state index in [4.69, 9.17) is 15.6 Å². The Kier molecular flexibility index (Phi) is 4.87. The SMILES string of the molecule is CC(C)(C)OC(=O)/C(=C/c1ccc(CO)cc1)N1C[C@H](N)C1=O. The summed E-state index contributed by atoms with van der Waals surface area (Å²) < 4.78 is 5.38. The van der Waals surface area contributed by atoms with E-state index < -0.39 is 17.6 Å². The normalized spacial score (nSPS) is 18.7. The third kappa shape index (κ3) is 4.18. The van der Waals surface area contributed by atoms with Crippen molar-refractivity contribution in [1.29, 1.82) is 0 Å². The summed E-state index contributed by atoms with van der Waals surface area (Å²) in [6, 6.07) is 6.46. The first-order chi connectivity index (χ1) is 10.7. The number of nitrogens with two attached hydrogens (primary N) is 1. The fourth-order valence-corrected chi connectivity index (χ4v) is 2.12. The molecule has 0 aliphatic carbocycles. The van der Waals surface area contributed by atoms with E-state index in [9.17, 15) is 9.59 Å². The highest BCUT2D eigenvalue weighted by molar-refractivity contribution is 6.01. The zero-order valence-electron chi connectivity index (χ0n) is 13.6. The zero-order valence-corrected chi connectivity index (χ0v) is 13.6. The fraction of sp³-hybridized carbons (Fsp3) is 0.412. The van der Waals surface area contributed by atoms with Crippen LogP contribution in [0.2, 0.25) is 0 Å². The van der Waals surface area contributed by atoms with Crippen LogP contribution in [0.1, 0.15) is 31.9 Å². The van der Waals surface area contributed by atoms with Crippen LogP contribution >= 0.6 is 0 Å². The van der Waals surface area contributed by atoms with E-state index in [-0.39, 0.29) is 18.2 Å². The van der Waals surface area contributed by atoms with Gasteiger partial charge < -0.3 is 20.5 Å². The van der Waals surface area contributed by atoms with E-state index in [0.29, 0.717) is 6.54 Å². The lowest BCUT2D eigenvalue weighted by atomic mass is 10.1. The molecule has 0 unspecified atom stereocenters. The summed E-state index contributed by atoms with van der Waals surface area (Å²) in [4.78, 5) is 25.6. The number of aliphatic hydroxyl groups excluding tert-OH is 1. The number of hydrogen-bond acceptors (Lipinski definition) is 5. The summed E-state index contributed by atoms with van der Waals surface area (Å²) in [5, 5.41) is 9.07. The van der Waals surface area contributed by atoms with E-state index >= 15 is 0 Å². The molecule has 6 heteroatoms. The molecule has 23 heavy (non-hydrogen) atoms. The van der Waals surface area contributed by atoms with Gasteiger partial charge in [0.05, 0.1) is 13.2 Å². The number of carbonyl (C=O) groups is 2. The first kappa shape index (κ1) is 17.2. The molecule has 2 rings (SSSR count). The average molecular weight is 318 g/mol. The largest absolute Gasteiger partial charge is 0.455 e. The first-order valence-electron chi connectivity index (χ1n) is 7.43. The third-order valence-electron chi connectivity index (χ3n) is 3.33. The van der Waals surface area contributed by atoms with Crippen molar-refractivity contribution < 1.29 is 19.4 Å². The molecule has 1 aliphatic heterocycles. The van der Waals surface area contributed by atoms with Crippen LogP contribution in [0.3, 0.4) is 0 Å². The van der Waals surface area contributed by atoms with Crippen molar-refractivity contribution in [2.75, 3.05) is 6.54 Å². The van der Waals surface area contributed by atoms with Gasteiger partial charge in [-0.15, -0.1) is 0 Å². The Bertz CT molecular complexity index is 629. The number of nitrogens with zero attached hydrogens (tertiary/aromatic N) is 1. The number of benzene rings is 1. The second-order valence-corrected chi connectivity index (χ2v) is 6.49. The molecule has 0 bridgehead atoms. The minimum Gasteiger partial charge on any atom is -0.455 e. The lowest BCUT2D eigenvalue weighted by Gasteiger charge is -2.37. The van der Waals surface area contributed by atoms with E-state index in [1.807, 2.05) is 0 Å². The van der Waals surface area contributed by atoms with Gasteiger partial charge in [-0.1, -0.05) is 24.3 Å². The lowest BCUT2D eigenvalue weighted by Crippen LogP contribution is -2.61. The molecular weight excluding hydrogens is 296 g/mol. The van der Waals surface area contributed by atoms with Crippen molar-refractivity contribution in [3.63, 3.8) is 0 Å². The van der Waals surface area contributed by atoms with Gasteiger partial charge in [0.2, 0.25) is 5.91 Å². The molecule has 0 spiro atoms. The maximum Gasteiger partial charge on any atom is 0.355 e. The van der Waals surface area contributed by atoms with Crippen LogP contribution in [-0.2, 0) is 20.9 Å². The molecule has 1 aromatic carbocycles. The van der Waals surface area contributed by atoms with Gasteiger partial charge in [-0.05, 0) is 38.0 Å². The summed E-state index contributed by atoms with van der Waals surface area (Å²) in [6.45, 7) is 5.54. The average Bonchev–Trinajstić information content (AvgIpc) is 2.49. The molecule has 1 atom stereocenters. The number of β-lactam (4-membered cyclic amide) rings is 1. The second kappa shape index (κ2) is 6.52. The van der Waals surface area contributed by atoms with Gasteiger partial charge in [-0.3, -0.25) is 4.79 Å². The maximum absolute atomic E-state index is 12.4. The van der Waals surface area contributed by atoms with Gasteiger partial charge in [-0.25, -0.2) is 4.79 Å². The quantitative estimate of drug-likeness (QED) is 0.491. The van der Waals surface area contributed by atoms with Crippen molar-refractivity contribution in [2.45, 2.75) is 39.0 Å². The topological polar surface area (TPSA) is 92.9 Å². The molecular formula is C17H22N2O4. The summed E-state index contributed by atoms with van der Waals surface area (Å²) >= 11 is 0. The van der Waals surface area contributed by atoms with Gasteiger partial charge in [0.15, 0.2) is 0 Å². The van der Waals surface area contributed by atoms with Crippen molar-refractivity contribution in [3.8, 4) is 0 Å². The molecule has 124 valence electrons. The number of ether oxygens (including phenoxy) is 1. The Morgan fingerprint density at radius 3 is 2.43 bits per heavy atom. The van der Waals surface area contributed by atoms with Crippen LogP contribution in [-0.4, -0.2) is 40.1 Å². The Balaban J connectivity index is 2.30. The Labute approximate surface area is 135 Å². The summed E-state index contributed by atoms with van der Waals surface area (Å²) in [6.07, 6.45) is 1.60. The molecule has 1 amide bonds. The van der Waals surface area contributed by atoms with E-state index in [1.54, 1.807) is 51.1 Å². The number of amides is 1. The fourth-order valence-electron chi connectivity index (χ4n) is 2.12. The zero-order chi connectivity index (χ0) is 17.2. The summed E-state index contributed by atoms with van der Waals surface area (Å²) in [7, 11) is 0. The van der Waals surface area contributed by atoms with Crippen molar-refractivity contribution in [1.82, 2.24) is 4.90 Å². The number of carbonyl (C=O) groups excluding carboxylic acids is 2. The van der Waals surface area contributed by atoms with E-state index in [2.05, 4.69) is 0 Å². The Morgan fingerprint density at radius 1 is 1.39 bits per heavy atom. The van der Waals surface area contributed by atoms with Crippen LogP contribution in [0, 0.1) is 0 Å². The highest BCUT2D eigenvalue weighted by Gasteiger charge is 2.39. The number of aliphatic hydroxyl groups is 1. The number of esters is 1. The van der Waals surface area contributed by atoms with Crippen LogP contribution in [0.5, 0.6) is 0 Å². The minimum atomic E-state index is -0.660. The molecule has 1 fully saturated rings. The molecule has 3 N–H and O–H groups in total. The van der Waals surface area contributed by atoms with Crippen molar-refractivity contribution in [2.24, 2.45) is 5.73 Å².